The van der Waals surface area contributed by atoms with E-state index in [1.54, 1.807) is 24.0 Å². The molecule has 0 aliphatic heterocycles. The summed E-state index contributed by atoms with van der Waals surface area (Å²) in [5, 5.41) is 3.31. The molecule has 1 aromatic rings. The van der Waals surface area contributed by atoms with E-state index in [0.29, 0.717) is 18.0 Å². The van der Waals surface area contributed by atoms with Gasteiger partial charge in [-0.15, -0.1) is 0 Å². The van der Waals surface area contributed by atoms with Gasteiger partial charge in [0.1, 0.15) is 0 Å². The van der Waals surface area contributed by atoms with Crippen molar-refractivity contribution in [2.24, 2.45) is 0 Å². The van der Waals surface area contributed by atoms with Gasteiger partial charge in [0.25, 0.3) is 0 Å². The largest absolute Gasteiger partial charge is 0.349 e. The minimum atomic E-state index is -3.41. The average Bonchev–Trinajstić information content (AvgIpc) is 2.80. The van der Waals surface area contributed by atoms with E-state index in [1.165, 1.54) is 0 Å². The summed E-state index contributed by atoms with van der Waals surface area (Å²) >= 11 is 1.64. The summed E-state index contributed by atoms with van der Waals surface area (Å²) in [5.41, 5.74) is 0.975. The van der Waals surface area contributed by atoms with E-state index < -0.39 is 10.0 Å². The van der Waals surface area contributed by atoms with E-state index in [4.69, 9.17) is 0 Å². The standard InChI is InChI=1S/C12H23N3O2S2/c1-5-15-9-12(6-11(15)8-13-3)19(16,17)14-7-10(2)18-4/h6,9-10,13-14H,5,7-8H2,1-4H3. The van der Waals surface area contributed by atoms with Gasteiger partial charge in [-0.25, -0.2) is 13.1 Å². The molecule has 7 heteroatoms. The molecule has 110 valence electrons. The summed E-state index contributed by atoms with van der Waals surface area (Å²) in [4.78, 5) is 0.341. The highest BCUT2D eigenvalue weighted by Crippen LogP contribution is 2.15. The molecule has 1 atom stereocenters. The number of thioether (sulfide) groups is 1. The van der Waals surface area contributed by atoms with Gasteiger partial charge in [-0.1, -0.05) is 6.92 Å². The van der Waals surface area contributed by atoms with E-state index in [2.05, 4.69) is 10.0 Å². The molecule has 5 nitrogen and oxygen atoms in total. The second-order valence-corrected chi connectivity index (χ2v) is 7.42. The Labute approximate surface area is 120 Å². The van der Waals surface area contributed by atoms with Gasteiger partial charge in [0, 0.05) is 36.8 Å². The molecule has 1 unspecified atom stereocenters. The molecule has 1 heterocycles. The smallest absolute Gasteiger partial charge is 0.242 e. The zero-order valence-corrected chi connectivity index (χ0v) is 13.6. The Morgan fingerprint density at radius 1 is 1.47 bits per heavy atom. The number of aromatic nitrogens is 1. The van der Waals surface area contributed by atoms with Crippen LogP contribution in [0.5, 0.6) is 0 Å². The summed E-state index contributed by atoms with van der Waals surface area (Å²) < 4.78 is 29.0. The van der Waals surface area contributed by atoms with Crippen LogP contribution in [0.1, 0.15) is 19.5 Å². The molecule has 0 saturated heterocycles. The fourth-order valence-corrected chi connectivity index (χ4v) is 3.24. The van der Waals surface area contributed by atoms with Gasteiger partial charge in [0.2, 0.25) is 10.0 Å². The molecule has 0 bridgehead atoms. The van der Waals surface area contributed by atoms with Crippen molar-refractivity contribution in [1.29, 1.82) is 0 Å². The van der Waals surface area contributed by atoms with Crippen molar-refractivity contribution in [2.45, 2.75) is 37.1 Å². The average molecular weight is 305 g/mol. The van der Waals surface area contributed by atoms with E-state index in [1.807, 2.05) is 31.7 Å². The number of hydrogen-bond acceptors (Lipinski definition) is 4. The summed E-state index contributed by atoms with van der Waals surface area (Å²) in [5.74, 6) is 0. The van der Waals surface area contributed by atoms with Crippen molar-refractivity contribution in [3.05, 3.63) is 18.0 Å². The maximum atomic E-state index is 12.2. The monoisotopic (exact) mass is 305 g/mol. The third kappa shape index (κ3) is 4.52. The van der Waals surface area contributed by atoms with Gasteiger partial charge in [0.05, 0.1) is 4.90 Å². The topological polar surface area (TPSA) is 63.1 Å². The van der Waals surface area contributed by atoms with Crippen LogP contribution in [0.2, 0.25) is 0 Å². The third-order valence-electron chi connectivity index (χ3n) is 2.93. The Balaban J connectivity index is 2.89. The number of hydrogen-bond donors (Lipinski definition) is 2. The minimum Gasteiger partial charge on any atom is -0.349 e. The zero-order chi connectivity index (χ0) is 14.5. The van der Waals surface area contributed by atoms with Crippen LogP contribution in [0, 0.1) is 0 Å². The van der Waals surface area contributed by atoms with Crippen molar-refractivity contribution < 1.29 is 8.42 Å². The molecular formula is C12H23N3O2S2. The summed E-state index contributed by atoms with van der Waals surface area (Å²) in [6, 6.07) is 1.73. The molecule has 0 amide bonds. The summed E-state index contributed by atoms with van der Waals surface area (Å²) in [7, 11) is -1.56. The van der Waals surface area contributed by atoms with Gasteiger partial charge in [-0.3, -0.25) is 0 Å². The molecule has 0 saturated carbocycles. The quantitative estimate of drug-likeness (QED) is 0.759. The number of rotatable bonds is 8. The molecule has 0 aliphatic carbocycles. The lowest BCUT2D eigenvalue weighted by atomic mass is 10.4. The van der Waals surface area contributed by atoms with Crippen molar-refractivity contribution in [1.82, 2.24) is 14.6 Å². The van der Waals surface area contributed by atoms with Crippen LogP contribution in [0.25, 0.3) is 0 Å². The molecule has 0 fully saturated rings. The van der Waals surface area contributed by atoms with E-state index in [9.17, 15) is 8.42 Å². The highest BCUT2D eigenvalue weighted by atomic mass is 32.2. The third-order valence-corrected chi connectivity index (χ3v) is 5.29. The molecule has 2 N–H and O–H groups in total. The number of aryl methyl sites for hydroxylation is 1. The van der Waals surface area contributed by atoms with Crippen LogP contribution < -0.4 is 10.0 Å². The molecule has 0 aromatic carbocycles. The summed E-state index contributed by atoms with van der Waals surface area (Å²) in [6.07, 6.45) is 3.66. The van der Waals surface area contributed by atoms with Crippen molar-refractivity contribution in [3.8, 4) is 0 Å². The van der Waals surface area contributed by atoms with E-state index in [0.717, 1.165) is 12.2 Å². The predicted molar refractivity (Wildman–Crippen MR) is 81.0 cm³/mol. The number of sulfonamides is 1. The van der Waals surface area contributed by atoms with Gasteiger partial charge in [-0.05, 0) is 26.3 Å². The molecule has 1 rings (SSSR count). The predicted octanol–water partition coefficient (Wildman–Crippen LogP) is 1.26. The van der Waals surface area contributed by atoms with Crippen molar-refractivity contribution >= 4 is 21.8 Å². The second kappa shape index (κ2) is 7.33. The number of nitrogens with zero attached hydrogens (tertiary/aromatic N) is 1. The first kappa shape index (κ1) is 16.6. The maximum Gasteiger partial charge on any atom is 0.242 e. The van der Waals surface area contributed by atoms with Crippen LogP contribution in [0.15, 0.2) is 17.2 Å². The van der Waals surface area contributed by atoms with Crippen LogP contribution in [0.3, 0.4) is 0 Å². The van der Waals surface area contributed by atoms with Gasteiger partial charge >= 0.3 is 0 Å². The van der Waals surface area contributed by atoms with Crippen LogP contribution in [-0.4, -0.2) is 38.1 Å². The highest BCUT2D eigenvalue weighted by molar-refractivity contribution is 7.99. The zero-order valence-electron chi connectivity index (χ0n) is 11.9. The number of nitrogens with one attached hydrogen (secondary N) is 2. The molecule has 19 heavy (non-hydrogen) atoms. The first-order valence-corrected chi connectivity index (χ1v) is 9.07. The van der Waals surface area contributed by atoms with Gasteiger partial charge in [0.15, 0.2) is 0 Å². The molecular weight excluding hydrogens is 282 g/mol. The first-order valence-electron chi connectivity index (χ1n) is 6.30. The van der Waals surface area contributed by atoms with Crippen molar-refractivity contribution in [3.63, 3.8) is 0 Å². The molecule has 0 radical (unpaired) electrons. The maximum absolute atomic E-state index is 12.2. The van der Waals surface area contributed by atoms with Crippen molar-refractivity contribution in [2.75, 3.05) is 19.8 Å². The lowest BCUT2D eigenvalue weighted by molar-refractivity contribution is 0.581. The Morgan fingerprint density at radius 3 is 2.68 bits per heavy atom. The fourth-order valence-electron chi connectivity index (χ4n) is 1.69. The molecule has 1 aromatic heterocycles. The lowest BCUT2D eigenvalue weighted by Gasteiger charge is -2.09. The van der Waals surface area contributed by atoms with Gasteiger partial charge in [-0.2, -0.15) is 11.8 Å². The fraction of sp³-hybridized carbons (Fsp3) is 0.667. The Morgan fingerprint density at radius 2 is 2.16 bits per heavy atom. The Hall–Kier alpha value is -0.500. The highest BCUT2D eigenvalue weighted by Gasteiger charge is 2.18. The van der Waals surface area contributed by atoms with Crippen LogP contribution in [0.4, 0.5) is 0 Å². The van der Waals surface area contributed by atoms with Crippen LogP contribution in [-0.2, 0) is 23.1 Å². The SMILES string of the molecule is CCn1cc(S(=O)(=O)NCC(C)SC)cc1CNC. The van der Waals surface area contributed by atoms with Gasteiger partial charge < -0.3 is 9.88 Å². The minimum absolute atomic E-state index is 0.264. The first-order chi connectivity index (χ1) is 8.94. The van der Waals surface area contributed by atoms with Crippen LogP contribution >= 0.6 is 11.8 Å². The Kier molecular flexibility index (Phi) is 6.38. The molecule has 0 aliphatic rings. The second-order valence-electron chi connectivity index (χ2n) is 4.38. The Bertz CT molecular complexity index is 497. The molecule has 0 spiro atoms. The normalized spacial score (nSPS) is 13.7. The van der Waals surface area contributed by atoms with E-state index >= 15 is 0 Å². The van der Waals surface area contributed by atoms with E-state index in [-0.39, 0.29) is 5.25 Å². The summed E-state index contributed by atoms with van der Waals surface area (Å²) in [6.45, 7) is 5.86. The lowest BCUT2D eigenvalue weighted by Crippen LogP contribution is -2.29.